The van der Waals surface area contributed by atoms with Crippen LogP contribution in [0.25, 0.3) is 0 Å². The number of carbonyl (C=O) groups is 1. The molecule has 7 heteroatoms. The number of rotatable bonds is 4. The molecule has 0 amide bonds. The lowest BCUT2D eigenvalue weighted by Gasteiger charge is -2.28. The van der Waals surface area contributed by atoms with Gasteiger partial charge in [0.1, 0.15) is 11.9 Å². The number of ether oxygens (including phenoxy) is 2. The number of hydrogen-bond donors (Lipinski definition) is 0. The highest BCUT2D eigenvalue weighted by molar-refractivity contribution is 5.64. The molecule has 0 unspecified atom stereocenters. The van der Waals surface area contributed by atoms with Gasteiger partial charge in [-0.25, -0.2) is 9.18 Å². The van der Waals surface area contributed by atoms with E-state index in [0.29, 0.717) is 12.8 Å². The van der Waals surface area contributed by atoms with E-state index in [0.717, 1.165) is 0 Å². The SMILES string of the molecule is O=C(OCC1CC(F)C1)Oc1ccc([N+](=O)[O-])cc1. The lowest BCUT2D eigenvalue weighted by atomic mass is 9.84. The summed E-state index contributed by atoms with van der Waals surface area (Å²) in [4.78, 5) is 21.2. The third kappa shape index (κ3) is 3.64. The summed E-state index contributed by atoms with van der Waals surface area (Å²) in [5.41, 5.74) is -0.0934. The largest absolute Gasteiger partial charge is 0.513 e. The van der Waals surface area contributed by atoms with Crippen LogP contribution in [0.5, 0.6) is 5.75 Å². The van der Waals surface area contributed by atoms with E-state index in [9.17, 15) is 19.3 Å². The maximum Gasteiger partial charge on any atom is 0.513 e. The monoisotopic (exact) mass is 269 g/mol. The first-order valence-corrected chi connectivity index (χ1v) is 5.77. The van der Waals surface area contributed by atoms with Crippen molar-refractivity contribution in [2.75, 3.05) is 6.61 Å². The van der Waals surface area contributed by atoms with E-state index in [4.69, 9.17) is 9.47 Å². The fraction of sp³-hybridized carbons (Fsp3) is 0.417. The average Bonchev–Trinajstić information content (AvgIpc) is 2.34. The minimum atomic E-state index is -0.892. The fourth-order valence-corrected chi connectivity index (χ4v) is 1.74. The summed E-state index contributed by atoms with van der Waals surface area (Å²) in [5.74, 6) is 0.215. The summed E-state index contributed by atoms with van der Waals surface area (Å²) < 4.78 is 22.1. The Morgan fingerprint density at radius 3 is 2.53 bits per heavy atom. The molecule has 0 saturated heterocycles. The maximum atomic E-state index is 12.5. The highest BCUT2D eigenvalue weighted by Gasteiger charge is 2.30. The summed E-state index contributed by atoms with van der Waals surface area (Å²) in [7, 11) is 0. The van der Waals surface area contributed by atoms with Crippen molar-refractivity contribution >= 4 is 11.8 Å². The van der Waals surface area contributed by atoms with Crippen LogP contribution in [0, 0.1) is 16.0 Å². The lowest BCUT2D eigenvalue weighted by molar-refractivity contribution is -0.384. The molecule has 1 saturated carbocycles. The Bertz CT molecular complexity index is 470. The van der Waals surface area contributed by atoms with Crippen LogP contribution >= 0.6 is 0 Å². The van der Waals surface area contributed by atoms with Crippen molar-refractivity contribution in [3.8, 4) is 5.75 Å². The van der Waals surface area contributed by atoms with Gasteiger partial charge in [-0.2, -0.15) is 0 Å². The van der Waals surface area contributed by atoms with E-state index in [-0.39, 0.29) is 24.0 Å². The van der Waals surface area contributed by atoms with Crippen LogP contribution in [-0.4, -0.2) is 23.9 Å². The summed E-state index contributed by atoms with van der Waals surface area (Å²) in [5, 5.41) is 10.4. The van der Waals surface area contributed by atoms with Gasteiger partial charge in [0.15, 0.2) is 0 Å². The summed E-state index contributed by atoms with van der Waals surface area (Å²) >= 11 is 0. The molecular formula is C12H12FNO5. The van der Waals surface area contributed by atoms with Gasteiger partial charge in [0, 0.05) is 12.1 Å². The second-order valence-electron chi connectivity index (χ2n) is 4.35. The number of non-ortho nitro benzene ring substituents is 1. The van der Waals surface area contributed by atoms with Gasteiger partial charge >= 0.3 is 6.16 Å². The van der Waals surface area contributed by atoms with E-state index in [1.165, 1.54) is 24.3 Å². The zero-order chi connectivity index (χ0) is 13.8. The first-order chi connectivity index (χ1) is 9.04. The lowest BCUT2D eigenvalue weighted by Crippen LogP contribution is -2.30. The van der Waals surface area contributed by atoms with E-state index in [1.54, 1.807) is 0 Å². The van der Waals surface area contributed by atoms with Crippen molar-refractivity contribution in [2.45, 2.75) is 19.0 Å². The summed E-state index contributed by atoms with van der Waals surface area (Å²) in [6.45, 7) is 0.131. The molecular weight excluding hydrogens is 257 g/mol. The fourth-order valence-electron chi connectivity index (χ4n) is 1.74. The molecule has 19 heavy (non-hydrogen) atoms. The highest BCUT2D eigenvalue weighted by atomic mass is 19.1. The quantitative estimate of drug-likeness (QED) is 0.363. The molecule has 102 valence electrons. The molecule has 1 fully saturated rings. The first kappa shape index (κ1) is 13.3. The second kappa shape index (κ2) is 5.64. The molecule has 0 spiro atoms. The minimum Gasteiger partial charge on any atom is -0.434 e. The van der Waals surface area contributed by atoms with Crippen LogP contribution in [0.15, 0.2) is 24.3 Å². The van der Waals surface area contributed by atoms with Crippen LogP contribution < -0.4 is 4.74 Å². The molecule has 0 aromatic heterocycles. The van der Waals surface area contributed by atoms with E-state index in [2.05, 4.69) is 0 Å². The smallest absolute Gasteiger partial charge is 0.434 e. The van der Waals surface area contributed by atoms with Crippen molar-refractivity contribution in [2.24, 2.45) is 5.92 Å². The minimum absolute atomic E-state index is 0.0550. The molecule has 0 bridgehead atoms. The molecule has 1 aliphatic carbocycles. The zero-order valence-corrected chi connectivity index (χ0v) is 9.95. The van der Waals surface area contributed by atoms with Crippen LogP contribution in [0.2, 0.25) is 0 Å². The Hall–Kier alpha value is -2.18. The number of alkyl halides is 1. The summed E-state index contributed by atoms with van der Waals surface area (Å²) in [6, 6.07) is 5.06. The van der Waals surface area contributed by atoms with Gasteiger partial charge in [-0.15, -0.1) is 0 Å². The summed E-state index contributed by atoms with van der Waals surface area (Å²) in [6.07, 6.45) is -0.870. The van der Waals surface area contributed by atoms with Crippen molar-refractivity contribution in [3.63, 3.8) is 0 Å². The van der Waals surface area contributed by atoms with Crippen LogP contribution in [0.4, 0.5) is 14.9 Å². The Morgan fingerprint density at radius 1 is 1.37 bits per heavy atom. The van der Waals surface area contributed by atoms with Gasteiger partial charge in [0.05, 0.1) is 11.5 Å². The van der Waals surface area contributed by atoms with Crippen molar-refractivity contribution in [1.82, 2.24) is 0 Å². The number of halogens is 1. The molecule has 1 aromatic carbocycles. The van der Waals surface area contributed by atoms with Gasteiger partial charge in [-0.1, -0.05) is 0 Å². The Balaban J connectivity index is 1.76. The average molecular weight is 269 g/mol. The van der Waals surface area contributed by atoms with Crippen LogP contribution in [0.3, 0.4) is 0 Å². The highest BCUT2D eigenvalue weighted by Crippen LogP contribution is 2.30. The van der Waals surface area contributed by atoms with Gasteiger partial charge in [0.2, 0.25) is 0 Å². The second-order valence-corrected chi connectivity index (χ2v) is 4.35. The molecule has 1 aromatic rings. The zero-order valence-electron chi connectivity index (χ0n) is 9.95. The van der Waals surface area contributed by atoms with Crippen LogP contribution in [0.1, 0.15) is 12.8 Å². The molecule has 0 N–H and O–H groups in total. The maximum absolute atomic E-state index is 12.5. The van der Waals surface area contributed by atoms with Gasteiger partial charge in [-0.3, -0.25) is 10.1 Å². The number of hydrogen-bond acceptors (Lipinski definition) is 5. The third-order valence-corrected chi connectivity index (χ3v) is 2.86. The number of nitro groups is 1. The normalized spacial score (nSPS) is 21.3. The van der Waals surface area contributed by atoms with Gasteiger partial charge in [0.25, 0.3) is 5.69 Å². The molecule has 0 heterocycles. The van der Waals surface area contributed by atoms with Crippen molar-refractivity contribution in [1.29, 1.82) is 0 Å². The molecule has 0 aliphatic heterocycles. The standard InChI is InChI=1S/C12H12FNO5/c13-9-5-8(6-9)7-18-12(15)19-11-3-1-10(2-4-11)14(16)17/h1-4,8-9H,5-7H2. The predicted octanol–water partition coefficient (Wildman–Crippen LogP) is 2.86. The molecule has 0 atom stereocenters. The van der Waals surface area contributed by atoms with E-state index in [1.807, 2.05) is 0 Å². The molecule has 2 rings (SSSR count). The Morgan fingerprint density at radius 2 is 2.00 bits per heavy atom. The van der Waals surface area contributed by atoms with E-state index >= 15 is 0 Å². The number of carbonyl (C=O) groups excluding carboxylic acids is 1. The van der Waals surface area contributed by atoms with Gasteiger partial charge < -0.3 is 9.47 Å². The molecule has 6 nitrogen and oxygen atoms in total. The van der Waals surface area contributed by atoms with Crippen LogP contribution in [-0.2, 0) is 4.74 Å². The van der Waals surface area contributed by atoms with Crippen molar-refractivity contribution in [3.05, 3.63) is 34.4 Å². The topological polar surface area (TPSA) is 78.7 Å². The molecule has 0 radical (unpaired) electrons. The Kier molecular flexibility index (Phi) is 3.94. The number of nitro benzene ring substituents is 1. The predicted molar refractivity (Wildman–Crippen MR) is 62.7 cm³/mol. The number of benzene rings is 1. The Labute approximate surface area is 108 Å². The first-order valence-electron chi connectivity index (χ1n) is 5.77. The molecule has 1 aliphatic rings. The van der Waals surface area contributed by atoms with E-state index < -0.39 is 17.3 Å². The van der Waals surface area contributed by atoms with Gasteiger partial charge in [-0.05, 0) is 30.9 Å². The van der Waals surface area contributed by atoms with Crippen molar-refractivity contribution < 1.29 is 23.6 Å². The third-order valence-electron chi connectivity index (χ3n) is 2.86. The number of nitrogens with zero attached hydrogens (tertiary/aromatic N) is 1.